The monoisotopic (exact) mass is 263 g/mol. The minimum Gasteiger partial charge on any atom is -0.389 e. The predicted molar refractivity (Wildman–Crippen MR) is 73.5 cm³/mol. The quantitative estimate of drug-likeness (QED) is 0.861. The molecular weight excluding hydrogens is 241 g/mol. The van der Waals surface area contributed by atoms with Crippen LogP contribution in [-0.4, -0.2) is 17.3 Å². The summed E-state index contributed by atoms with van der Waals surface area (Å²) in [6.45, 7) is 0.540. The first-order chi connectivity index (χ1) is 9.11. The van der Waals surface area contributed by atoms with E-state index < -0.39 is 5.60 Å². The van der Waals surface area contributed by atoms with Gasteiger partial charge in [-0.25, -0.2) is 4.39 Å². The summed E-state index contributed by atoms with van der Waals surface area (Å²) < 4.78 is 13.7. The molecule has 2 nitrogen and oxygen atoms in total. The van der Waals surface area contributed by atoms with Gasteiger partial charge in [-0.15, -0.1) is 0 Å². The fraction of sp³-hybridized carbons (Fsp3) is 0.625. The molecule has 2 aliphatic carbocycles. The van der Waals surface area contributed by atoms with E-state index in [1.165, 1.54) is 11.6 Å². The largest absolute Gasteiger partial charge is 0.389 e. The molecule has 0 radical (unpaired) electrons. The van der Waals surface area contributed by atoms with Gasteiger partial charge in [0, 0.05) is 5.41 Å². The molecule has 1 aromatic carbocycles. The van der Waals surface area contributed by atoms with Gasteiger partial charge in [0.1, 0.15) is 5.82 Å². The molecule has 104 valence electrons. The second-order valence-electron chi connectivity index (χ2n) is 6.16. The molecular formula is C16H22FNO. The molecule has 0 saturated heterocycles. The summed E-state index contributed by atoms with van der Waals surface area (Å²) in [6, 6.07) is 5.06. The maximum Gasteiger partial charge on any atom is 0.123 e. The van der Waals surface area contributed by atoms with E-state index in [1.54, 1.807) is 6.07 Å². The molecule has 0 spiro atoms. The van der Waals surface area contributed by atoms with Crippen LogP contribution in [0.2, 0.25) is 0 Å². The van der Waals surface area contributed by atoms with Crippen molar-refractivity contribution in [1.82, 2.24) is 0 Å². The molecule has 0 aliphatic heterocycles. The summed E-state index contributed by atoms with van der Waals surface area (Å²) >= 11 is 0. The summed E-state index contributed by atoms with van der Waals surface area (Å²) in [4.78, 5) is 0. The van der Waals surface area contributed by atoms with Crippen LogP contribution in [0.5, 0.6) is 0 Å². The maximum atomic E-state index is 13.7. The molecule has 2 aliphatic rings. The minimum absolute atomic E-state index is 0.204. The molecule has 1 saturated carbocycles. The topological polar surface area (TPSA) is 46.2 Å². The van der Waals surface area contributed by atoms with Crippen LogP contribution in [0.15, 0.2) is 18.2 Å². The molecule has 19 heavy (non-hydrogen) atoms. The number of fused-ring (bicyclic) bond motifs is 3. The average Bonchev–Trinajstić information content (AvgIpc) is 2.40. The highest BCUT2D eigenvalue weighted by Gasteiger charge is 2.54. The first kappa shape index (κ1) is 13.1. The number of aryl methyl sites for hydroxylation is 1. The molecule has 0 unspecified atom stereocenters. The zero-order valence-corrected chi connectivity index (χ0v) is 11.3. The van der Waals surface area contributed by atoms with Crippen molar-refractivity contribution >= 4 is 0 Å². The molecule has 3 N–H and O–H groups in total. The van der Waals surface area contributed by atoms with Crippen molar-refractivity contribution in [2.24, 2.45) is 5.73 Å². The van der Waals surface area contributed by atoms with Crippen LogP contribution < -0.4 is 5.73 Å². The Labute approximate surface area is 113 Å². The Kier molecular flexibility index (Phi) is 3.14. The summed E-state index contributed by atoms with van der Waals surface area (Å²) in [5.74, 6) is -0.204. The van der Waals surface area contributed by atoms with Crippen LogP contribution in [0, 0.1) is 5.82 Å². The third-order valence-corrected chi connectivity index (χ3v) is 5.30. The van der Waals surface area contributed by atoms with Crippen molar-refractivity contribution in [3.8, 4) is 0 Å². The minimum atomic E-state index is -0.689. The van der Waals surface area contributed by atoms with Crippen LogP contribution in [0.25, 0.3) is 0 Å². The average molecular weight is 263 g/mol. The number of rotatable bonds is 2. The van der Waals surface area contributed by atoms with Gasteiger partial charge in [0.05, 0.1) is 5.60 Å². The van der Waals surface area contributed by atoms with E-state index in [-0.39, 0.29) is 11.2 Å². The molecule has 0 bridgehead atoms. The number of halogens is 1. The van der Waals surface area contributed by atoms with E-state index in [1.807, 2.05) is 6.07 Å². The van der Waals surface area contributed by atoms with E-state index in [2.05, 4.69) is 0 Å². The van der Waals surface area contributed by atoms with Gasteiger partial charge in [0.2, 0.25) is 0 Å². The normalized spacial score (nSPS) is 33.6. The van der Waals surface area contributed by atoms with E-state index in [0.717, 1.165) is 50.5 Å². The molecule has 0 amide bonds. The SMILES string of the molecule is NCC[C@]12CCCC[C@@]1(O)CCc1ccc(F)cc12. The molecule has 1 aromatic rings. The van der Waals surface area contributed by atoms with Crippen LogP contribution in [0.1, 0.15) is 49.7 Å². The van der Waals surface area contributed by atoms with E-state index in [9.17, 15) is 9.50 Å². The molecule has 3 heteroatoms. The Balaban J connectivity index is 2.17. The van der Waals surface area contributed by atoms with E-state index in [0.29, 0.717) is 6.54 Å². The van der Waals surface area contributed by atoms with Crippen LogP contribution in [-0.2, 0) is 11.8 Å². The van der Waals surface area contributed by atoms with Crippen molar-refractivity contribution < 1.29 is 9.50 Å². The van der Waals surface area contributed by atoms with Crippen molar-refractivity contribution in [3.05, 3.63) is 35.1 Å². The standard InChI is InChI=1S/C16H22FNO/c17-13-4-3-12-5-8-16(19)7-2-1-6-15(16,9-10-18)14(12)11-13/h3-4,11,19H,1-2,5-10,18H2/t15-,16+/m0/s1. The zero-order chi connectivity index (χ0) is 13.5. The van der Waals surface area contributed by atoms with Gasteiger partial charge < -0.3 is 10.8 Å². The Hall–Kier alpha value is -0.930. The highest BCUT2D eigenvalue weighted by atomic mass is 19.1. The lowest BCUT2D eigenvalue weighted by Crippen LogP contribution is -2.57. The Bertz CT molecular complexity index is 486. The summed E-state index contributed by atoms with van der Waals surface area (Å²) in [7, 11) is 0. The van der Waals surface area contributed by atoms with Crippen molar-refractivity contribution in [2.75, 3.05) is 6.54 Å². The Morgan fingerprint density at radius 2 is 2.00 bits per heavy atom. The zero-order valence-electron chi connectivity index (χ0n) is 11.3. The van der Waals surface area contributed by atoms with Gasteiger partial charge in [-0.3, -0.25) is 0 Å². The highest BCUT2D eigenvalue weighted by molar-refractivity contribution is 5.42. The van der Waals surface area contributed by atoms with E-state index in [4.69, 9.17) is 5.73 Å². The number of benzene rings is 1. The van der Waals surface area contributed by atoms with Gasteiger partial charge in [-0.2, -0.15) is 0 Å². The summed E-state index contributed by atoms with van der Waals surface area (Å²) in [5.41, 5.74) is 7.01. The van der Waals surface area contributed by atoms with Gasteiger partial charge in [-0.05, 0) is 61.9 Å². The van der Waals surface area contributed by atoms with Crippen LogP contribution in [0.4, 0.5) is 4.39 Å². The van der Waals surface area contributed by atoms with Gasteiger partial charge >= 0.3 is 0 Å². The fourth-order valence-corrected chi connectivity index (χ4v) is 4.36. The maximum absolute atomic E-state index is 13.7. The van der Waals surface area contributed by atoms with Crippen LogP contribution >= 0.6 is 0 Å². The van der Waals surface area contributed by atoms with Crippen LogP contribution in [0.3, 0.4) is 0 Å². The number of hydrogen-bond acceptors (Lipinski definition) is 2. The van der Waals surface area contributed by atoms with Gasteiger partial charge in [0.15, 0.2) is 0 Å². The smallest absolute Gasteiger partial charge is 0.123 e. The van der Waals surface area contributed by atoms with Crippen molar-refractivity contribution in [3.63, 3.8) is 0 Å². The first-order valence-electron chi connectivity index (χ1n) is 7.33. The number of aliphatic hydroxyl groups is 1. The molecule has 3 rings (SSSR count). The lowest BCUT2D eigenvalue weighted by molar-refractivity contribution is -0.0863. The summed E-state index contributed by atoms with van der Waals surface area (Å²) in [5, 5.41) is 11.1. The lowest BCUT2D eigenvalue weighted by atomic mass is 9.53. The second kappa shape index (κ2) is 4.57. The fourth-order valence-electron chi connectivity index (χ4n) is 4.36. The van der Waals surface area contributed by atoms with Gasteiger partial charge in [-0.1, -0.05) is 18.9 Å². The number of hydrogen-bond donors (Lipinski definition) is 2. The van der Waals surface area contributed by atoms with Crippen molar-refractivity contribution in [2.45, 2.75) is 56.0 Å². The molecule has 2 atom stereocenters. The third-order valence-electron chi connectivity index (χ3n) is 5.30. The summed E-state index contributed by atoms with van der Waals surface area (Å²) in [6.07, 6.45) is 6.29. The first-order valence-corrected chi connectivity index (χ1v) is 7.33. The van der Waals surface area contributed by atoms with Gasteiger partial charge in [0.25, 0.3) is 0 Å². The number of nitrogens with two attached hydrogens (primary N) is 1. The predicted octanol–water partition coefficient (Wildman–Crippen LogP) is 2.66. The third kappa shape index (κ3) is 1.83. The van der Waals surface area contributed by atoms with Crippen molar-refractivity contribution in [1.29, 1.82) is 0 Å². The molecule has 0 heterocycles. The Morgan fingerprint density at radius 1 is 1.21 bits per heavy atom. The molecule has 0 aromatic heterocycles. The highest BCUT2D eigenvalue weighted by Crippen LogP contribution is 2.54. The van der Waals surface area contributed by atoms with E-state index >= 15 is 0 Å². The lowest BCUT2D eigenvalue weighted by Gasteiger charge is -2.54. The molecule has 1 fully saturated rings. The second-order valence-corrected chi connectivity index (χ2v) is 6.16. The Morgan fingerprint density at radius 3 is 2.79 bits per heavy atom.